The number of hydrogen-bond acceptors (Lipinski definition) is 3. The molecule has 1 N–H and O–H groups in total. The number of methoxy groups -OCH3 is 1. The highest BCUT2D eigenvalue weighted by atomic mass is 79.9. The second-order valence-electron chi connectivity index (χ2n) is 4.65. The number of benzene rings is 1. The van der Waals surface area contributed by atoms with Gasteiger partial charge in [-0.3, -0.25) is 4.79 Å². The van der Waals surface area contributed by atoms with Gasteiger partial charge in [0, 0.05) is 35.9 Å². The Morgan fingerprint density at radius 2 is 2.16 bits per heavy atom. The average molecular weight is 329 g/mol. The van der Waals surface area contributed by atoms with Gasteiger partial charge in [0.2, 0.25) is 5.91 Å². The van der Waals surface area contributed by atoms with Gasteiger partial charge in [0.1, 0.15) is 0 Å². The SMILES string of the molecule is COCc1c(Br)cccc1NCC(=O)N(C)C(C)C. The normalized spacial score (nSPS) is 10.6. The third-order valence-electron chi connectivity index (χ3n) is 3.01. The van der Waals surface area contributed by atoms with Gasteiger partial charge >= 0.3 is 0 Å². The maximum Gasteiger partial charge on any atom is 0.241 e. The minimum Gasteiger partial charge on any atom is -0.380 e. The smallest absolute Gasteiger partial charge is 0.241 e. The lowest BCUT2D eigenvalue weighted by molar-refractivity contribution is -0.129. The van der Waals surface area contributed by atoms with Crippen molar-refractivity contribution in [1.82, 2.24) is 4.90 Å². The molecule has 106 valence electrons. The second kappa shape index (κ2) is 7.50. The maximum atomic E-state index is 11.9. The molecule has 19 heavy (non-hydrogen) atoms. The quantitative estimate of drug-likeness (QED) is 0.873. The van der Waals surface area contributed by atoms with E-state index in [2.05, 4.69) is 21.2 Å². The van der Waals surface area contributed by atoms with Crippen LogP contribution < -0.4 is 5.32 Å². The topological polar surface area (TPSA) is 41.6 Å². The third kappa shape index (κ3) is 4.51. The van der Waals surface area contributed by atoms with E-state index in [9.17, 15) is 4.79 Å². The molecule has 0 fully saturated rings. The van der Waals surface area contributed by atoms with Crippen molar-refractivity contribution in [3.8, 4) is 0 Å². The molecule has 0 spiro atoms. The van der Waals surface area contributed by atoms with Crippen LogP contribution in [0.1, 0.15) is 19.4 Å². The zero-order valence-electron chi connectivity index (χ0n) is 11.9. The van der Waals surface area contributed by atoms with E-state index in [1.807, 2.05) is 39.1 Å². The van der Waals surface area contributed by atoms with Crippen LogP contribution in [0.3, 0.4) is 0 Å². The second-order valence-corrected chi connectivity index (χ2v) is 5.51. The molecular formula is C14H21BrN2O2. The van der Waals surface area contributed by atoms with Gasteiger partial charge in [0.05, 0.1) is 13.2 Å². The lowest BCUT2D eigenvalue weighted by Gasteiger charge is -2.22. The predicted molar refractivity (Wildman–Crippen MR) is 81.3 cm³/mol. The first-order valence-electron chi connectivity index (χ1n) is 6.23. The van der Waals surface area contributed by atoms with Crippen molar-refractivity contribution >= 4 is 27.5 Å². The van der Waals surface area contributed by atoms with E-state index in [1.54, 1.807) is 12.0 Å². The highest BCUT2D eigenvalue weighted by molar-refractivity contribution is 9.10. The van der Waals surface area contributed by atoms with Crippen LogP contribution in [0.25, 0.3) is 0 Å². The Kier molecular flexibility index (Phi) is 6.31. The van der Waals surface area contributed by atoms with Crippen LogP contribution in [-0.4, -0.2) is 37.6 Å². The van der Waals surface area contributed by atoms with Gasteiger partial charge in [-0.1, -0.05) is 22.0 Å². The van der Waals surface area contributed by atoms with Gasteiger partial charge in [-0.25, -0.2) is 0 Å². The predicted octanol–water partition coefficient (Wildman–Crippen LogP) is 2.87. The van der Waals surface area contributed by atoms with Crippen molar-refractivity contribution in [3.63, 3.8) is 0 Å². The lowest BCUT2D eigenvalue weighted by Crippen LogP contribution is -2.37. The van der Waals surface area contributed by atoms with E-state index >= 15 is 0 Å². The summed E-state index contributed by atoms with van der Waals surface area (Å²) in [6.45, 7) is 4.76. The molecule has 0 aliphatic carbocycles. The number of ether oxygens (including phenoxy) is 1. The number of nitrogens with zero attached hydrogens (tertiary/aromatic N) is 1. The summed E-state index contributed by atoms with van der Waals surface area (Å²) in [6.07, 6.45) is 0. The zero-order valence-corrected chi connectivity index (χ0v) is 13.5. The molecule has 0 aliphatic heterocycles. The molecule has 1 aromatic carbocycles. The van der Waals surface area contributed by atoms with Gasteiger partial charge in [-0.2, -0.15) is 0 Å². The van der Waals surface area contributed by atoms with Crippen molar-refractivity contribution in [2.45, 2.75) is 26.5 Å². The minimum atomic E-state index is 0.0679. The summed E-state index contributed by atoms with van der Waals surface area (Å²) in [5.41, 5.74) is 1.94. The molecule has 0 atom stereocenters. The third-order valence-corrected chi connectivity index (χ3v) is 3.75. The highest BCUT2D eigenvalue weighted by Gasteiger charge is 2.13. The van der Waals surface area contributed by atoms with E-state index < -0.39 is 0 Å². The fourth-order valence-electron chi connectivity index (χ4n) is 1.60. The Bertz CT molecular complexity index is 435. The molecule has 0 heterocycles. The van der Waals surface area contributed by atoms with Crippen molar-refractivity contribution in [3.05, 3.63) is 28.2 Å². The molecule has 5 heteroatoms. The summed E-state index contributed by atoms with van der Waals surface area (Å²) in [5, 5.41) is 3.17. The van der Waals surface area contributed by atoms with Crippen molar-refractivity contribution in [2.75, 3.05) is 26.0 Å². The summed E-state index contributed by atoms with van der Waals surface area (Å²) >= 11 is 3.49. The molecule has 1 amide bonds. The van der Waals surface area contributed by atoms with Gasteiger partial charge in [-0.05, 0) is 26.0 Å². The van der Waals surface area contributed by atoms with Crippen molar-refractivity contribution < 1.29 is 9.53 Å². The van der Waals surface area contributed by atoms with Crippen LogP contribution in [0, 0.1) is 0 Å². The molecule has 0 radical (unpaired) electrons. The number of amides is 1. The molecule has 0 unspecified atom stereocenters. The molecular weight excluding hydrogens is 308 g/mol. The summed E-state index contributed by atoms with van der Waals surface area (Å²) in [6, 6.07) is 6.04. The molecule has 0 bridgehead atoms. The number of hydrogen-bond donors (Lipinski definition) is 1. The van der Waals surface area contributed by atoms with Crippen LogP contribution in [0.2, 0.25) is 0 Å². The standard InChI is InChI=1S/C14H21BrN2O2/c1-10(2)17(3)14(18)8-16-13-7-5-6-12(15)11(13)9-19-4/h5-7,10,16H,8-9H2,1-4H3. The monoisotopic (exact) mass is 328 g/mol. The Morgan fingerprint density at radius 3 is 2.74 bits per heavy atom. The molecule has 1 aromatic rings. The largest absolute Gasteiger partial charge is 0.380 e. The van der Waals surface area contributed by atoms with E-state index in [0.717, 1.165) is 15.7 Å². The maximum absolute atomic E-state index is 11.9. The van der Waals surface area contributed by atoms with E-state index in [-0.39, 0.29) is 18.5 Å². The number of carbonyl (C=O) groups is 1. The fraction of sp³-hybridized carbons (Fsp3) is 0.500. The number of nitrogens with one attached hydrogen (secondary N) is 1. The number of likely N-dealkylation sites (N-methyl/N-ethyl adjacent to an activating group) is 1. The van der Waals surface area contributed by atoms with Crippen molar-refractivity contribution in [1.29, 1.82) is 0 Å². The van der Waals surface area contributed by atoms with Gasteiger partial charge in [0.15, 0.2) is 0 Å². The molecule has 0 saturated carbocycles. The van der Waals surface area contributed by atoms with E-state index in [4.69, 9.17) is 4.74 Å². The Hall–Kier alpha value is -1.07. The average Bonchev–Trinajstić information content (AvgIpc) is 2.38. The molecule has 0 aliphatic rings. The molecule has 0 aromatic heterocycles. The minimum absolute atomic E-state index is 0.0679. The summed E-state index contributed by atoms with van der Waals surface area (Å²) in [5.74, 6) is 0.0679. The number of carbonyl (C=O) groups excluding carboxylic acids is 1. The molecule has 4 nitrogen and oxygen atoms in total. The van der Waals surface area contributed by atoms with Crippen LogP contribution in [0.15, 0.2) is 22.7 Å². The van der Waals surface area contributed by atoms with Gasteiger partial charge in [0.25, 0.3) is 0 Å². The zero-order chi connectivity index (χ0) is 14.4. The van der Waals surface area contributed by atoms with Gasteiger partial charge in [-0.15, -0.1) is 0 Å². The molecule has 0 saturated heterocycles. The van der Waals surface area contributed by atoms with Crippen LogP contribution >= 0.6 is 15.9 Å². The Labute approximate surface area is 123 Å². The first-order valence-corrected chi connectivity index (χ1v) is 7.02. The van der Waals surface area contributed by atoms with Crippen LogP contribution in [-0.2, 0) is 16.1 Å². The van der Waals surface area contributed by atoms with E-state index in [1.165, 1.54) is 0 Å². The van der Waals surface area contributed by atoms with Gasteiger partial charge < -0.3 is 15.0 Å². The Morgan fingerprint density at radius 1 is 1.47 bits per heavy atom. The number of anilines is 1. The van der Waals surface area contributed by atoms with Crippen LogP contribution in [0.4, 0.5) is 5.69 Å². The number of halogens is 1. The van der Waals surface area contributed by atoms with E-state index in [0.29, 0.717) is 6.61 Å². The first-order chi connectivity index (χ1) is 8.97. The lowest BCUT2D eigenvalue weighted by atomic mass is 10.2. The van der Waals surface area contributed by atoms with Crippen molar-refractivity contribution in [2.24, 2.45) is 0 Å². The first kappa shape index (κ1) is 16.0. The summed E-state index contributed by atoms with van der Waals surface area (Å²) < 4.78 is 6.15. The van der Waals surface area contributed by atoms with Crippen LogP contribution in [0.5, 0.6) is 0 Å². The number of rotatable bonds is 6. The summed E-state index contributed by atoms with van der Waals surface area (Å²) in [7, 11) is 3.46. The summed E-state index contributed by atoms with van der Waals surface area (Å²) in [4.78, 5) is 13.7. The molecule has 1 rings (SSSR count). The highest BCUT2D eigenvalue weighted by Crippen LogP contribution is 2.25. The Balaban J connectivity index is 2.72. The fourth-order valence-corrected chi connectivity index (χ4v) is 2.08.